The van der Waals surface area contributed by atoms with Gasteiger partial charge in [-0.3, -0.25) is 4.99 Å². The molecule has 0 aliphatic heterocycles. The Morgan fingerprint density at radius 1 is 1.25 bits per heavy atom. The molecular weight excluding hydrogens is 198 g/mol. The minimum Gasteiger partial charge on any atom is -0.370 e. The van der Waals surface area contributed by atoms with E-state index in [-0.39, 0.29) is 0 Å². The van der Waals surface area contributed by atoms with Gasteiger partial charge < -0.3 is 10.6 Å². The average molecular weight is 225 g/mol. The molecule has 1 rings (SSSR count). The van der Waals surface area contributed by atoms with Gasteiger partial charge in [0.1, 0.15) is 0 Å². The van der Waals surface area contributed by atoms with Crippen LogP contribution in [-0.4, -0.2) is 30.5 Å². The molecule has 94 valence electrons. The second-order valence-corrected chi connectivity index (χ2v) is 4.89. The van der Waals surface area contributed by atoms with Crippen molar-refractivity contribution >= 4 is 5.96 Å². The Morgan fingerprint density at radius 3 is 2.44 bits per heavy atom. The topological polar surface area (TPSA) is 41.6 Å². The minimum atomic E-state index is 0.725. The summed E-state index contributed by atoms with van der Waals surface area (Å²) in [7, 11) is 0. The maximum atomic E-state index is 5.98. The standard InChI is InChI=1S/C13H27N3/c1-4-16(5-2)13(14)15-10-12-9-7-6-8-11(12)3/h11-12H,4-10H2,1-3H3,(H2,14,15). The number of guanidine groups is 1. The number of rotatable bonds is 4. The van der Waals surface area contributed by atoms with Crippen molar-refractivity contribution in [3.05, 3.63) is 0 Å². The highest BCUT2D eigenvalue weighted by atomic mass is 15.2. The van der Waals surface area contributed by atoms with E-state index in [1.807, 2.05) is 0 Å². The molecule has 0 bridgehead atoms. The van der Waals surface area contributed by atoms with Gasteiger partial charge in [0.2, 0.25) is 0 Å². The molecule has 0 heterocycles. The third kappa shape index (κ3) is 3.69. The predicted molar refractivity (Wildman–Crippen MR) is 70.5 cm³/mol. The van der Waals surface area contributed by atoms with E-state index < -0.39 is 0 Å². The molecule has 2 atom stereocenters. The minimum absolute atomic E-state index is 0.725. The summed E-state index contributed by atoms with van der Waals surface area (Å²) in [5, 5.41) is 0. The van der Waals surface area contributed by atoms with Gasteiger partial charge in [0.05, 0.1) is 0 Å². The lowest BCUT2D eigenvalue weighted by molar-refractivity contribution is 0.263. The van der Waals surface area contributed by atoms with Gasteiger partial charge in [-0.05, 0) is 32.1 Å². The molecule has 0 aromatic heterocycles. The first-order valence-corrected chi connectivity index (χ1v) is 6.73. The van der Waals surface area contributed by atoms with E-state index in [2.05, 4.69) is 30.7 Å². The monoisotopic (exact) mass is 225 g/mol. The van der Waals surface area contributed by atoms with Crippen LogP contribution in [0.2, 0.25) is 0 Å². The normalized spacial score (nSPS) is 26.8. The summed E-state index contributed by atoms with van der Waals surface area (Å²) in [6, 6.07) is 0. The van der Waals surface area contributed by atoms with Crippen LogP contribution >= 0.6 is 0 Å². The van der Waals surface area contributed by atoms with Gasteiger partial charge >= 0.3 is 0 Å². The van der Waals surface area contributed by atoms with Crippen molar-refractivity contribution in [1.29, 1.82) is 0 Å². The number of nitrogens with zero attached hydrogens (tertiary/aromatic N) is 2. The summed E-state index contributed by atoms with van der Waals surface area (Å²) in [5.41, 5.74) is 5.98. The van der Waals surface area contributed by atoms with Crippen molar-refractivity contribution in [3.63, 3.8) is 0 Å². The van der Waals surface area contributed by atoms with E-state index in [0.717, 1.165) is 37.4 Å². The molecule has 16 heavy (non-hydrogen) atoms. The molecule has 1 fully saturated rings. The molecule has 1 aliphatic carbocycles. The van der Waals surface area contributed by atoms with Gasteiger partial charge in [-0.25, -0.2) is 0 Å². The second kappa shape index (κ2) is 6.77. The number of aliphatic imine (C=N–C) groups is 1. The van der Waals surface area contributed by atoms with Crippen LogP contribution in [0.3, 0.4) is 0 Å². The van der Waals surface area contributed by atoms with Crippen LogP contribution in [0, 0.1) is 11.8 Å². The lowest BCUT2D eigenvalue weighted by atomic mass is 9.80. The van der Waals surface area contributed by atoms with Crippen LogP contribution < -0.4 is 5.73 Å². The van der Waals surface area contributed by atoms with Gasteiger partial charge in [-0.2, -0.15) is 0 Å². The molecular formula is C13H27N3. The van der Waals surface area contributed by atoms with Gasteiger partial charge in [0, 0.05) is 19.6 Å². The zero-order valence-corrected chi connectivity index (χ0v) is 11.1. The summed E-state index contributed by atoms with van der Waals surface area (Å²) < 4.78 is 0. The Morgan fingerprint density at radius 2 is 1.88 bits per heavy atom. The van der Waals surface area contributed by atoms with Crippen molar-refractivity contribution in [2.75, 3.05) is 19.6 Å². The van der Waals surface area contributed by atoms with E-state index in [1.165, 1.54) is 25.7 Å². The van der Waals surface area contributed by atoms with Crippen molar-refractivity contribution in [1.82, 2.24) is 4.90 Å². The molecule has 0 aromatic rings. The number of hydrogen-bond donors (Lipinski definition) is 1. The molecule has 1 aliphatic rings. The first-order valence-electron chi connectivity index (χ1n) is 6.73. The third-order valence-corrected chi connectivity index (χ3v) is 3.86. The first kappa shape index (κ1) is 13.3. The number of nitrogens with two attached hydrogens (primary N) is 1. The summed E-state index contributed by atoms with van der Waals surface area (Å²) in [6.07, 6.45) is 5.46. The molecule has 2 N–H and O–H groups in total. The van der Waals surface area contributed by atoms with E-state index in [9.17, 15) is 0 Å². The van der Waals surface area contributed by atoms with Crippen molar-refractivity contribution in [3.8, 4) is 0 Å². The van der Waals surface area contributed by atoms with Crippen molar-refractivity contribution in [2.24, 2.45) is 22.6 Å². The highest BCUT2D eigenvalue weighted by Crippen LogP contribution is 2.29. The Balaban J connectivity index is 2.44. The molecule has 3 nitrogen and oxygen atoms in total. The van der Waals surface area contributed by atoms with Gasteiger partial charge in [0.25, 0.3) is 0 Å². The summed E-state index contributed by atoms with van der Waals surface area (Å²) >= 11 is 0. The van der Waals surface area contributed by atoms with Crippen molar-refractivity contribution < 1.29 is 0 Å². The zero-order valence-electron chi connectivity index (χ0n) is 11.1. The summed E-state index contributed by atoms with van der Waals surface area (Å²) in [6.45, 7) is 9.42. The van der Waals surface area contributed by atoms with Gasteiger partial charge in [-0.15, -0.1) is 0 Å². The SMILES string of the molecule is CCN(CC)C(N)=NCC1CCCCC1C. The lowest BCUT2D eigenvalue weighted by Crippen LogP contribution is -2.37. The predicted octanol–water partition coefficient (Wildman–Crippen LogP) is 2.47. The fraction of sp³-hybridized carbons (Fsp3) is 0.923. The van der Waals surface area contributed by atoms with Crippen LogP contribution in [0.25, 0.3) is 0 Å². The largest absolute Gasteiger partial charge is 0.370 e. The second-order valence-electron chi connectivity index (χ2n) is 4.89. The van der Waals surface area contributed by atoms with Crippen LogP contribution in [0.1, 0.15) is 46.5 Å². The molecule has 3 heteroatoms. The maximum Gasteiger partial charge on any atom is 0.191 e. The Kier molecular flexibility index (Phi) is 5.64. The summed E-state index contributed by atoms with van der Waals surface area (Å²) in [4.78, 5) is 6.68. The lowest BCUT2D eigenvalue weighted by Gasteiger charge is -2.28. The zero-order chi connectivity index (χ0) is 12.0. The molecule has 2 unspecified atom stereocenters. The van der Waals surface area contributed by atoms with Crippen LogP contribution in [0.5, 0.6) is 0 Å². The van der Waals surface area contributed by atoms with Gasteiger partial charge in [0.15, 0.2) is 5.96 Å². The molecule has 0 aromatic carbocycles. The third-order valence-electron chi connectivity index (χ3n) is 3.86. The van der Waals surface area contributed by atoms with Crippen LogP contribution in [0.15, 0.2) is 4.99 Å². The molecule has 0 spiro atoms. The van der Waals surface area contributed by atoms with E-state index in [1.54, 1.807) is 0 Å². The fourth-order valence-corrected chi connectivity index (χ4v) is 2.52. The Labute approximate surface area is 100 Å². The summed E-state index contributed by atoms with van der Waals surface area (Å²) in [5.74, 6) is 2.30. The molecule has 0 saturated heterocycles. The highest BCUT2D eigenvalue weighted by molar-refractivity contribution is 5.77. The Hall–Kier alpha value is -0.730. The van der Waals surface area contributed by atoms with E-state index in [4.69, 9.17) is 5.73 Å². The first-order chi connectivity index (χ1) is 7.69. The van der Waals surface area contributed by atoms with Crippen LogP contribution in [0.4, 0.5) is 0 Å². The quantitative estimate of drug-likeness (QED) is 0.590. The molecule has 1 saturated carbocycles. The smallest absolute Gasteiger partial charge is 0.191 e. The fourth-order valence-electron chi connectivity index (χ4n) is 2.52. The maximum absolute atomic E-state index is 5.98. The van der Waals surface area contributed by atoms with Crippen LogP contribution in [-0.2, 0) is 0 Å². The van der Waals surface area contributed by atoms with Crippen molar-refractivity contribution in [2.45, 2.75) is 46.5 Å². The number of hydrogen-bond acceptors (Lipinski definition) is 1. The molecule has 0 amide bonds. The van der Waals surface area contributed by atoms with Gasteiger partial charge in [-0.1, -0.05) is 26.2 Å². The highest BCUT2D eigenvalue weighted by Gasteiger charge is 2.20. The van der Waals surface area contributed by atoms with E-state index >= 15 is 0 Å². The average Bonchev–Trinajstić information content (AvgIpc) is 2.29. The van der Waals surface area contributed by atoms with E-state index in [0.29, 0.717) is 0 Å². The molecule has 0 radical (unpaired) electrons. The Bertz CT molecular complexity index is 221.